The lowest BCUT2D eigenvalue weighted by atomic mass is 9.81. The number of methoxy groups -OCH3 is 1. The van der Waals surface area contributed by atoms with Gasteiger partial charge in [0.05, 0.1) is 18.9 Å². The molecule has 4 rings (SSSR count). The van der Waals surface area contributed by atoms with Crippen molar-refractivity contribution in [1.29, 1.82) is 0 Å². The lowest BCUT2D eigenvalue weighted by molar-refractivity contribution is -0.146. The summed E-state index contributed by atoms with van der Waals surface area (Å²) in [5, 5.41) is 0. The van der Waals surface area contributed by atoms with Crippen molar-refractivity contribution in [3.8, 4) is 5.75 Å². The van der Waals surface area contributed by atoms with Gasteiger partial charge in [0.25, 0.3) is 0 Å². The Morgan fingerprint density at radius 3 is 2.07 bits per heavy atom. The Hall–Kier alpha value is -2.57. The van der Waals surface area contributed by atoms with Gasteiger partial charge in [-0.3, -0.25) is 19.3 Å². The summed E-state index contributed by atoms with van der Waals surface area (Å²) in [6.45, 7) is 2.53. The van der Waals surface area contributed by atoms with E-state index in [0.717, 1.165) is 50.2 Å². The van der Waals surface area contributed by atoms with Crippen LogP contribution in [0.1, 0.15) is 25.7 Å². The summed E-state index contributed by atoms with van der Waals surface area (Å²) >= 11 is 0. The first kappa shape index (κ1) is 18.8. The van der Waals surface area contributed by atoms with Crippen LogP contribution in [0.4, 0.5) is 5.69 Å². The minimum absolute atomic E-state index is 0.104. The number of carbonyl (C=O) groups is 3. The number of ether oxygens (including phenoxy) is 1. The second kappa shape index (κ2) is 7.81. The molecule has 3 aliphatic rings. The van der Waals surface area contributed by atoms with Gasteiger partial charge in [-0.25, -0.2) is 0 Å². The van der Waals surface area contributed by atoms with Crippen molar-refractivity contribution in [3.05, 3.63) is 24.3 Å². The van der Waals surface area contributed by atoms with Crippen molar-refractivity contribution in [3.63, 3.8) is 0 Å². The van der Waals surface area contributed by atoms with Gasteiger partial charge in [-0.1, -0.05) is 12.8 Å². The van der Waals surface area contributed by atoms with Gasteiger partial charge >= 0.3 is 0 Å². The number of amides is 3. The van der Waals surface area contributed by atoms with Crippen LogP contribution in [0, 0.1) is 11.8 Å². The van der Waals surface area contributed by atoms with E-state index in [2.05, 4.69) is 4.90 Å². The number of carbonyl (C=O) groups excluding carboxylic acids is 3. The second-order valence-electron chi connectivity index (χ2n) is 7.83. The van der Waals surface area contributed by atoms with Gasteiger partial charge < -0.3 is 14.5 Å². The number of hydrogen-bond acceptors (Lipinski definition) is 5. The Morgan fingerprint density at radius 1 is 0.964 bits per heavy atom. The molecule has 150 valence electrons. The summed E-state index contributed by atoms with van der Waals surface area (Å²) in [6.07, 6.45) is 3.55. The normalized spacial score (nSPS) is 25.1. The quantitative estimate of drug-likeness (QED) is 0.735. The first-order chi connectivity index (χ1) is 13.6. The predicted octanol–water partition coefficient (Wildman–Crippen LogP) is 1.52. The Morgan fingerprint density at radius 2 is 1.54 bits per heavy atom. The highest BCUT2D eigenvalue weighted by Gasteiger charge is 2.48. The van der Waals surface area contributed by atoms with Gasteiger partial charge in [0.15, 0.2) is 0 Å². The number of fused-ring (bicyclic) bond motifs is 1. The third kappa shape index (κ3) is 3.45. The Kier molecular flexibility index (Phi) is 5.24. The van der Waals surface area contributed by atoms with Crippen LogP contribution in [0.5, 0.6) is 5.75 Å². The summed E-state index contributed by atoms with van der Waals surface area (Å²) < 4.78 is 5.19. The van der Waals surface area contributed by atoms with E-state index in [9.17, 15) is 14.4 Å². The van der Waals surface area contributed by atoms with E-state index in [1.54, 1.807) is 12.0 Å². The van der Waals surface area contributed by atoms with E-state index < -0.39 is 0 Å². The van der Waals surface area contributed by atoms with E-state index in [4.69, 9.17) is 4.74 Å². The van der Waals surface area contributed by atoms with Gasteiger partial charge in [-0.05, 0) is 37.1 Å². The van der Waals surface area contributed by atoms with E-state index in [0.29, 0.717) is 13.1 Å². The monoisotopic (exact) mass is 385 g/mol. The van der Waals surface area contributed by atoms with Gasteiger partial charge in [0, 0.05) is 31.9 Å². The van der Waals surface area contributed by atoms with Crippen molar-refractivity contribution in [1.82, 2.24) is 9.80 Å². The molecule has 7 nitrogen and oxygen atoms in total. The van der Waals surface area contributed by atoms with Crippen molar-refractivity contribution < 1.29 is 19.1 Å². The SMILES string of the molecule is COc1ccc(N2CCN(C(=O)CN3C(=O)[C@H]4CCCC[C@@H]4C3=O)CC2)cc1. The molecule has 7 heteroatoms. The average molecular weight is 385 g/mol. The number of rotatable bonds is 4. The fourth-order valence-electron chi connectivity index (χ4n) is 4.63. The van der Waals surface area contributed by atoms with Crippen LogP contribution in [-0.4, -0.2) is 67.4 Å². The maximum absolute atomic E-state index is 12.7. The highest BCUT2D eigenvalue weighted by Crippen LogP contribution is 2.37. The number of piperazine rings is 1. The Bertz CT molecular complexity index is 731. The predicted molar refractivity (Wildman–Crippen MR) is 104 cm³/mol. The molecular weight excluding hydrogens is 358 g/mol. The van der Waals surface area contributed by atoms with Gasteiger partial charge in [0.1, 0.15) is 12.3 Å². The molecule has 0 N–H and O–H groups in total. The van der Waals surface area contributed by atoms with E-state index >= 15 is 0 Å². The number of imide groups is 1. The number of benzene rings is 1. The second-order valence-corrected chi connectivity index (χ2v) is 7.83. The van der Waals surface area contributed by atoms with Crippen molar-refractivity contribution in [2.75, 3.05) is 44.7 Å². The molecule has 0 bridgehead atoms. The Balaban J connectivity index is 1.32. The molecule has 3 fully saturated rings. The highest BCUT2D eigenvalue weighted by molar-refractivity contribution is 6.07. The molecule has 1 aromatic rings. The summed E-state index contributed by atoms with van der Waals surface area (Å²) in [4.78, 5) is 43.1. The van der Waals surface area contributed by atoms with Crippen LogP contribution < -0.4 is 9.64 Å². The van der Waals surface area contributed by atoms with Crippen LogP contribution in [-0.2, 0) is 14.4 Å². The molecule has 2 saturated heterocycles. The van der Waals surface area contributed by atoms with Crippen LogP contribution in [0.3, 0.4) is 0 Å². The fraction of sp³-hybridized carbons (Fsp3) is 0.571. The minimum Gasteiger partial charge on any atom is -0.497 e. The van der Waals surface area contributed by atoms with Crippen LogP contribution in [0.15, 0.2) is 24.3 Å². The minimum atomic E-state index is -0.194. The molecule has 28 heavy (non-hydrogen) atoms. The molecule has 0 aromatic heterocycles. The zero-order valence-electron chi connectivity index (χ0n) is 16.3. The number of likely N-dealkylation sites (tertiary alicyclic amines) is 1. The molecule has 2 heterocycles. The largest absolute Gasteiger partial charge is 0.497 e. The van der Waals surface area contributed by atoms with Crippen LogP contribution >= 0.6 is 0 Å². The molecule has 0 spiro atoms. The van der Waals surface area contributed by atoms with Crippen LogP contribution in [0.25, 0.3) is 0 Å². The summed E-state index contributed by atoms with van der Waals surface area (Å²) in [5.41, 5.74) is 1.10. The summed E-state index contributed by atoms with van der Waals surface area (Å²) in [6, 6.07) is 7.88. The topological polar surface area (TPSA) is 70.2 Å². The fourth-order valence-corrected chi connectivity index (χ4v) is 4.63. The first-order valence-electron chi connectivity index (χ1n) is 10.1. The maximum atomic E-state index is 12.7. The summed E-state index contributed by atoms with van der Waals surface area (Å²) in [5.74, 6) is 0.0228. The number of anilines is 1. The number of nitrogens with zero attached hydrogens (tertiary/aromatic N) is 3. The van der Waals surface area contributed by atoms with Gasteiger partial charge in [-0.2, -0.15) is 0 Å². The number of hydrogen-bond donors (Lipinski definition) is 0. The zero-order chi connectivity index (χ0) is 19.7. The molecular formula is C21H27N3O4. The van der Waals surface area contributed by atoms with Crippen molar-refractivity contribution >= 4 is 23.4 Å². The molecule has 0 unspecified atom stereocenters. The standard InChI is InChI=1S/C21H27N3O4/c1-28-16-8-6-15(7-9-16)22-10-12-23(13-11-22)19(25)14-24-20(26)17-4-2-3-5-18(17)21(24)27/h6-9,17-18H,2-5,10-14H2,1H3/t17-,18-/m0/s1. The molecule has 2 aliphatic heterocycles. The molecule has 0 radical (unpaired) electrons. The van der Waals surface area contributed by atoms with E-state index in [1.165, 1.54) is 4.90 Å². The van der Waals surface area contributed by atoms with Crippen molar-refractivity contribution in [2.45, 2.75) is 25.7 Å². The first-order valence-corrected chi connectivity index (χ1v) is 10.1. The lowest BCUT2D eigenvalue weighted by Crippen LogP contribution is -2.52. The van der Waals surface area contributed by atoms with Gasteiger partial charge in [-0.15, -0.1) is 0 Å². The third-order valence-corrected chi connectivity index (χ3v) is 6.30. The van der Waals surface area contributed by atoms with E-state index in [-0.39, 0.29) is 36.1 Å². The van der Waals surface area contributed by atoms with Gasteiger partial charge in [0.2, 0.25) is 17.7 Å². The average Bonchev–Trinajstić information content (AvgIpc) is 2.99. The highest BCUT2D eigenvalue weighted by atomic mass is 16.5. The molecule has 1 aromatic carbocycles. The molecule has 1 aliphatic carbocycles. The lowest BCUT2D eigenvalue weighted by Gasteiger charge is -2.36. The molecule has 2 atom stereocenters. The van der Waals surface area contributed by atoms with Crippen LogP contribution in [0.2, 0.25) is 0 Å². The smallest absolute Gasteiger partial charge is 0.242 e. The van der Waals surface area contributed by atoms with E-state index in [1.807, 2.05) is 24.3 Å². The zero-order valence-corrected chi connectivity index (χ0v) is 16.3. The van der Waals surface area contributed by atoms with Crippen molar-refractivity contribution in [2.24, 2.45) is 11.8 Å². The molecule has 3 amide bonds. The molecule has 1 saturated carbocycles. The summed E-state index contributed by atoms with van der Waals surface area (Å²) in [7, 11) is 1.64. The third-order valence-electron chi connectivity index (χ3n) is 6.30. The Labute approximate surface area is 165 Å². The maximum Gasteiger partial charge on any atom is 0.242 e.